The molecule has 350 valence electrons. The monoisotopic (exact) mass is 955 g/mol. The van der Waals surface area contributed by atoms with Crippen molar-refractivity contribution >= 4 is 27.8 Å². The Hall–Kier alpha value is -9.70. The molecule has 0 unspecified atom stereocenters. The summed E-state index contributed by atoms with van der Waals surface area (Å²) in [5.74, 6) is 3.50. The zero-order valence-corrected chi connectivity index (χ0v) is 40.7. The van der Waals surface area contributed by atoms with Gasteiger partial charge in [-0.3, -0.25) is 0 Å². The first-order valence-corrected chi connectivity index (χ1v) is 25.9. The molecule has 0 radical (unpaired) electrons. The summed E-state index contributed by atoms with van der Waals surface area (Å²) in [7, 11) is 0. The topological polar surface area (TPSA) is 21.7 Å². The van der Waals surface area contributed by atoms with E-state index in [0.29, 0.717) is 0 Å². The summed E-state index contributed by atoms with van der Waals surface area (Å²) in [5.41, 5.74) is 21.0. The van der Waals surface area contributed by atoms with Crippen molar-refractivity contribution in [3.8, 4) is 67.5 Å². The number of benzene rings is 12. The molecule has 16 rings (SSSR count). The Morgan fingerprint density at radius 1 is 0.267 bits per heavy atom. The predicted octanol–water partition coefficient (Wildman–Crippen LogP) is 18.6. The maximum absolute atomic E-state index is 6.87. The second kappa shape index (κ2) is 15.9. The Bertz CT molecular complexity index is 4220. The van der Waals surface area contributed by atoms with Crippen LogP contribution in [-0.2, 0) is 10.8 Å². The zero-order valence-electron chi connectivity index (χ0n) is 40.7. The van der Waals surface area contributed by atoms with Gasteiger partial charge in [0.25, 0.3) is 0 Å². The van der Waals surface area contributed by atoms with E-state index in [0.717, 1.165) is 67.9 Å². The first-order valence-electron chi connectivity index (χ1n) is 25.9. The molecule has 0 fully saturated rings. The van der Waals surface area contributed by atoms with Gasteiger partial charge in [0.05, 0.1) is 22.2 Å². The summed E-state index contributed by atoms with van der Waals surface area (Å²) in [5, 5.41) is 2.43. The molecule has 2 aliphatic carbocycles. The summed E-state index contributed by atoms with van der Waals surface area (Å²) >= 11 is 0. The Labute approximate surface area is 435 Å². The van der Waals surface area contributed by atoms with Crippen molar-refractivity contribution in [2.24, 2.45) is 0 Å². The Balaban J connectivity index is 0.992. The van der Waals surface area contributed by atoms with E-state index in [1.54, 1.807) is 0 Å². The van der Waals surface area contributed by atoms with Crippen LogP contribution in [0.25, 0.3) is 55.3 Å². The van der Waals surface area contributed by atoms with Gasteiger partial charge in [-0.05, 0) is 115 Å². The van der Waals surface area contributed by atoms with Crippen LogP contribution in [0.5, 0.6) is 23.0 Å². The van der Waals surface area contributed by atoms with Crippen molar-refractivity contribution < 1.29 is 9.47 Å². The molecule has 75 heavy (non-hydrogen) atoms. The molecule has 12 aromatic rings. The molecule has 3 heteroatoms. The zero-order chi connectivity index (χ0) is 49.2. The normalized spacial score (nSPS) is 14.0. The first-order chi connectivity index (χ1) is 37.2. The fraction of sp³-hybridized carbons (Fsp3) is 0.0278. The summed E-state index contributed by atoms with van der Waals surface area (Å²) in [6.07, 6.45) is 0. The molecule has 0 saturated heterocycles. The van der Waals surface area contributed by atoms with E-state index in [-0.39, 0.29) is 0 Å². The highest BCUT2D eigenvalue weighted by Gasteiger charge is 2.54. The van der Waals surface area contributed by atoms with Gasteiger partial charge < -0.3 is 14.4 Å². The predicted molar refractivity (Wildman–Crippen MR) is 304 cm³/mol. The van der Waals surface area contributed by atoms with Gasteiger partial charge >= 0.3 is 0 Å². The lowest BCUT2D eigenvalue weighted by molar-refractivity contribution is 0.436. The second-order valence-corrected chi connectivity index (χ2v) is 20.2. The Kier molecular flexibility index (Phi) is 8.88. The summed E-state index contributed by atoms with van der Waals surface area (Å²) in [4.78, 5) is 2.56. The molecule has 0 bridgehead atoms. The number of anilines is 3. The molecule has 2 heterocycles. The van der Waals surface area contributed by atoms with Crippen molar-refractivity contribution in [3.05, 3.63) is 317 Å². The van der Waals surface area contributed by atoms with Crippen LogP contribution < -0.4 is 14.4 Å². The van der Waals surface area contributed by atoms with E-state index >= 15 is 0 Å². The van der Waals surface area contributed by atoms with E-state index in [4.69, 9.17) is 9.47 Å². The molecule has 2 spiro atoms. The van der Waals surface area contributed by atoms with Crippen LogP contribution in [0.2, 0.25) is 0 Å². The lowest BCUT2D eigenvalue weighted by atomic mass is 9.65. The number of fused-ring (bicyclic) bond motifs is 20. The number of hydrogen-bond donors (Lipinski definition) is 0. The highest BCUT2D eigenvalue weighted by molar-refractivity contribution is 6.07. The quantitative estimate of drug-likeness (QED) is 0.172. The second-order valence-electron chi connectivity index (χ2n) is 20.2. The minimum Gasteiger partial charge on any atom is -0.457 e. The molecular formula is C72H45NO2. The first kappa shape index (κ1) is 41.9. The highest BCUT2D eigenvalue weighted by Crippen LogP contribution is 2.68. The molecule has 0 N–H and O–H groups in total. The number of hydrogen-bond acceptors (Lipinski definition) is 3. The molecule has 2 aliphatic heterocycles. The average Bonchev–Trinajstić information content (AvgIpc) is 4.20. The lowest BCUT2D eigenvalue weighted by Crippen LogP contribution is -2.32. The summed E-state index contributed by atoms with van der Waals surface area (Å²) in [6.45, 7) is 0. The van der Waals surface area contributed by atoms with Crippen LogP contribution in [0.1, 0.15) is 44.5 Å². The van der Waals surface area contributed by atoms with Gasteiger partial charge in [-0.25, -0.2) is 0 Å². The molecule has 0 amide bonds. The maximum Gasteiger partial charge on any atom is 0.132 e. The molecule has 3 nitrogen and oxygen atoms in total. The third-order valence-corrected chi connectivity index (χ3v) is 16.6. The lowest BCUT2D eigenvalue weighted by Gasteiger charge is -2.40. The molecule has 0 aromatic heterocycles. The fourth-order valence-electron chi connectivity index (χ4n) is 13.7. The molecule has 0 atom stereocenters. The van der Waals surface area contributed by atoms with Gasteiger partial charge in [0.2, 0.25) is 0 Å². The van der Waals surface area contributed by atoms with Crippen LogP contribution in [0.4, 0.5) is 17.1 Å². The highest BCUT2D eigenvalue weighted by atomic mass is 16.5. The van der Waals surface area contributed by atoms with Gasteiger partial charge in [-0.15, -0.1) is 0 Å². The largest absolute Gasteiger partial charge is 0.457 e. The summed E-state index contributed by atoms with van der Waals surface area (Å²) in [6, 6.07) is 100. The van der Waals surface area contributed by atoms with Crippen molar-refractivity contribution in [2.75, 3.05) is 4.90 Å². The van der Waals surface area contributed by atoms with E-state index in [9.17, 15) is 0 Å². The Morgan fingerprint density at radius 3 is 1.25 bits per heavy atom. The van der Waals surface area contributed by atoms with Crippen LogP contribution >= 0.6 is 0 Å². The van der Waals surface area contributed by atoms with E-state index in [1.807, 2.05) is 0 Å². The van der Waals surface area contributed by atoms with Gasteiger partial charge in [-0.2, -0.15) is 0 Å². The van der Waals surface area contributed by atoms with Crippen LogP contribution in [0.15, 0.2) is 273 Å². The minimum absolute atomic E-state index is 0.640. The molecule has 0 saturated carbocycles. The number of rotatable bonds is 5. The van der Waals surface area contributed by atoms with Crippen molar-refractivity contribution in [3.63, 3.8) is 0 Å². The maximum atomic E-state index is 6.87. The van der Waals surface area contributed by atoms with Crippen molar-refractivity contribution in [2.45, 2.75) is 10.8 Å². The van der Waals surface area contributed by atoms with Gasteiger partial charge in [0, 0.05) is 39.1 Å². The average molecular weight is 956 g/mol. The fourth-order valence-corrected chi connectivity index (χ4v) is 13.7. The van der Waals surface area contributed by atoms with Crippen LogP contribution in [0.3, 0.4) is 0 Å². The van der Waals surface area contributed by atoms with Crippen molar-refractivity contribution in [1.29, 1.82) is 0 Å². The number of ether oxygens (including phenoxy) is 2. The van der Waals surface area contributed by atoms with Crippen molar-refractivity contribution in [1.82, 2.24) is 0 Å². The summed E-state index contributed by atoms with van der Waals surface area (Å²) < 4.78 is 13.7. The molecule has 4 aliphatic rings. The number of nitrogens with zero attached hydrogens (tertiary/aromatic N) is 1. The van der Waals surface area contributed by atoms with E-state index < -0.39 is 10.8 Å². The smallest absolute Gasteiger partial charge is 0.132 e. The third kappa shape index (κ3) is 5.70. The van der Waals surface area contributed by atoms with Gasteiger partial charge in [0.15, 0.2) is 0 Å². The molecular weight excluding hydrogens is 911 g/mol. The SMILES string of the molecule is c1ccc(-c2ccc(-c3ccc(N(c4cccc5c4-c4ccccc4C54c5ccccc5Oc5ccccc54)c4cccc5c4-c4ccc6ccccc6c4C54c5ccccc5Oc5ccccc54)cc3)cc2)cc1. The van der Waals surface area contributed by atoms with Gasteiger partial charge in [-0.1, -0.05) is 224 Å². The third-order valence-electron chi connectivity index (χ3n) is 16.6. The van der Waals surface area contributed by atoms with Crippen LogP contribution in [0, 0.1) is 0 Å². The van der Waals surface area contributed by atoms with E-state index in [2.05, 4.69) is 278 Å². The van der Waals surface area contributed by atoms with Gasteiger partial charge in [0.1, 0.15) is 23.0 Å². The standard InChI is InChI=1S/C72H45NO2/c1-2-18-46(19-3-1)47-36-38-48(39-37-47)49-40-43-51(44-41-49)73(62-30-16-28-60-68(62)53-22-6-7-23-55(53)71(60)56-24-8-12-32-64(56)74-65-33-13-9-25-57(65)71)63-31-17-29-61-69(63)54-45-42-50-20-4-5-21-52(50)70(54)72(61)58-26-10-14-34-66(58)75-67-35-15-11-27-59(67)72/h1-45H. The Morgan fingerprint density at radius 2 is 0.680 bits per heavy atom. The number of para-hydroxylation sites is 4. The minimum atomic E-state index is -0.695. The van der Waals surface area contributed by atoms with E-state index in [1.165, 1.54) is 72.0 Å². The van der Waals surface area contributed by atoms with Crippen LogP contribution in [-0.4, -0.2) is 0 Å². The molecule has 12 aromatic carbocycles.